The monoisotopic (exact) mass is 329 g/mol. The molecule has 0 unspecified atom stereocenters. The van der Waals surface area contributed by atoms with Gasteiger partial charge in [-0.05, 0) is 44.4 Å². The molecule has 1 aromatic rings. The predicted molar refractivity (Wildman–Crippen MR) is 90.3 cm³/mol. The number of primary amides is 1. The maximum absolute atomic E-state index is 12.9. The average molecular weight is 329 g/mol. The molecule has 0 saturated carbocycles. The summed E-state index contributed by atoms with van der Waals surface area (Å²) in [6.45, 7) is 4.98. The number of anilines is 1. The Morgan fingerprint density at radius 2 is 1.88 bits per heavy atom. The molecule has 2 aliphatic rings. The van der Waals surface area contributed by atoms with E-state index in [2.05, 4.69) is 0 Å². The number of amides is 3. The minimum Gasteiger partial charge on any atom is -0.369 e. The lowest BCUT2D eigenvalue weighted by Crippen LogP contribution is -2.49. The lowest BCUT2D eigenvalue weighted by molar-refractivity contribution is -0.127. The van der Waals surface area contributed by atoms with E-state index in [1.54, 1.807) is 0 Å². The highest BCUT2D eigenvalue weighted by molar-refractivity contribution is 6.23. The van der Waals surface area contributed by atoms with Crippen molar-refractivity contribution in [2.75, 3.05) is 18.0 Å². The summed E-state index contributed by atoms with van der Waals surface area (Å²) < 4.78 is 0. The average Bonchev–Trinajstić information content (AvgIpc) is 2.83. The van der Waals surface area contributed by atoms with E-state index in [-0.39, 0.29) is 30.1 Å². The number of hydrogen-bond donors (Lipinski definition) is 1. The molecule has 0 spiro atoms. The Hall–Kier alpha value is -2.21. The molecule has 128 valence electrons. The topological polar surface area (TPSA) is 83.7 Å². The number of imide groups is 1. The summed E-state index contributed by atoms with van der Waals surface area (Å²) in [6.07, 6.45) is 1.73. The minimum atomic E-state index is -0.487. The summed E-state index contributed by atoms with van der Waals surface area (Å²) in [7, 11) is 0. The van der Waals surface area contributed by atoms with Gasteiger partial charge in [-0.15, -0.1) is 0 Å². The van der Waals surface area contributed by atoms with Gasteiger partial charge in [-0.2, -0.15) is 0 Å². The molecule has 3 amide bonds. The number of carbonyl (C=O) groups is 3. The summed E-state index contributed by atoms with van der Waals surface area (Å²) in [5.74, 6) is -0.940. The second-order valence-corrected chi connectivity index (χ2v) is 6.76. The molecule has 0 bridgehead atoms. The Labute approximate surface area is 141 Å². The summed E-state index contributed by atoms with van der Waals surface area (Å²) >= 11 is 0. The molecule has 0 aliphatic carbocycles. The van der Waals surface area contributed by atoms with Crippen LogP contribution in [0.3, 0.4) is 0 Å². The van der Waals surface area contributed by atoms with E-state index in [0.29, 0.717) is 18.8 Å². The fourth-order valence-corrected chi connectivity index (χ4v) is 3.82. The maximum atomic E-state index is 12.9. The molecule has 2 heterocycles. The first kappa shape index (κ1) is 16.6. The van der Waals surface area contributed by atoms with Gasteiger partial charge in [0.2, 0.25) is 11.8 Å². The van der Waals surface area contributed by atoms with Crippen LogP contribution in [0.4, 0.5) is 5.69 Å². The van der Waals surface area contributed by atoms with Crippen LogP contribution < -0.4 is 10.6 Å². The smallest absolute Gasteiger partial charge is 0.251 e. The molecular weight excluding hydrogens is 306 g/mol. The second-order valence-electron chi connectivity index (χ2n) is 6.76. The third-order valence-electron chi connectivity index (χ3n) is 5.08. The standard InChI is InChI=1S/C18H23N3O3/c1-11-5-3-6-12(2)16(11)21-15(22)9-14(18(21)24)20-8-4-7-13(10-20)17(19)23/h3,5-6,13-14H,4,7-10H2,1-2H3,(H2,19,23)/t13-,14+/m1/s1. The van der Waals surface area contributed by atoms with E-state index in [0.717, 1.165) is 24.0 Å². The van der Waals surface area contributed by atoms with E-state index in [1.165, 1.54) is 4.90 Å². The highest BCUT2D eigenvalue weighted by Crippen LogP contribution is 2.32. The molecule has 3 rings (SSSR count). The second kappa shape index (κ2) is 6.36. The molecule has 24 heavy (non-hydrogen) atoms. The summed E-state index contributed by atoms with van der Waals surface area (Å²) in [6, 6.07) is 5.23. The third-order valence-corrected chi connectivity index (χ3v) is 5.08. The quantitative estimate of drug-likeness (QED) is 0.843. The van der Waals surface area contributed by atoms with Crippen molar-refractivity contribution in [2.45, 2.75) is 39.2 Å². The minimum absolute atomic E-state index is 0.165. The van der Waals surface area contributed by atoms with Crippen LogP contribution in [0.2, 0.25) is 0 Å². The van der Waals surface area contributed by atoms with E-state index < -0.39 is 6.04 Å². The van der Waals surface area contributed by atoms with Gasteiger partial charge in [-0.3, -0.25) is 19.3 Å². The first-order chi connectivity index (χ1) is 11.4. The van der Waals surface area contributed by atoms with E-state index >= 15 is 0 Å². The lowest BCUT2D eigenvalue weighted by Gasteiger charge is -2.34. The highest BCUT2D eigenvalue weighted by atomic mass is 16.2. The van der Waals surface area contributed by atoms with Crippen molar-refractivity contribution in [1.82, 2.24) is 4.90 Å². The van der Waals surface area contributed by atoms with Gasteiger partial charge in [0.25, 0.3) is 5.91 Å². The zero-order valence-corrected chi connectivity index (χ0v) is 14.1. The van der Waals surface area contributed by atoms with Crippen molar-refractivity contribution in [1.29, 1.82) is 0 Å². The first-order valence-electron chi connectivity index (χ1n) is 8.36. The number of nitrogens with two attached hydrogens (primary N) is 1. The van der Waals surface area contributed by atoms with Crippen LogP contribution >= 0.6 is 0 Å². The van der Waals surface area contributed by atoms with Gasteiger partial charge < -0.3 is 5.73 Å². The largest absolute Gasteiger partial charge is 0.369 e. The van der Waals surface area contributed by atoms with Crippen LogP contribution in [0, 0.1) is 19.8 Å². The Bertz CT molecular complexity index is 680. The van der Waals surface area contributed by atoms with Gasteiger partial charge in [0.05, 0.1) is 24.1 Å². The van der Waals surface area contributed by atoms with Gasteiger partial charge in [-0.1, -0.05) is 18.2 Å². The number of piperidine rings is 1. The van der Waals surface area contributed by atoms with Crippen molar-refractivity contribution in [3.8, 4) is 0 Å². The van der Waals surface area contributed by atoms with E-state index in [9.17, 15) is 14.4 Å². The van der Waals surface area contributed by atoms with E-state index in [1.807, 2.05) is 36.9 Å². The molecule has 2 aliphatic heterocycles. The Morgan fingerprint density at radius 3 is 2.50 bits per heavy atom. The summed E-state index contributed by atoms with van der Waals surface area (Å²) in [5, 5.41) is 0. The summed E-state index contributed by atoms with van der Waals surface area (Å²) in [4.78, 5) is 40.2. The number of benzene rings is 1. The number of nitrogens with zero attached hydrogens (tertiary/aromatic N) is 2. The fraction of sp³-hybridized carbons (Fsp3) is 0.500. The van der Waals surface area contributed by atoms with Crippen LogP contribution in [0.1, 0.15) is 30.4 Å². The molecule has 0 aromatic heterocycles. The molecule has 6 heteroatoms. The van der Waals surface area contributed by atoms with Crippen LogP contribution in [0.25, 0.3) is 0 Å². The lowest BCUT2D eigenvalue weighted by atomic mass is 9.96. The number of likely N-dealkylation sites (tertiary alicyclic amines) is 1. The molecule has 1 aromatic carbocycles. The van der Waals surface area contributed by atoms with Crippen molar-refractivity contribution in [3.63, 3.8) is 0 Å². The molecule has 2 fully saturated rings. The van der Waals surface area contributed by atoms with Gasteiger partial charge in [0, 0.05) is 6.54 Å². The molecular formula is C18H23N3O3. The Kier molecular flexibility index (Phi) is 4.41. The van der Waals surface area contributed by atoms with Crippen LogP contribution in [0.5, 0.6) is 0 Å². The maximum Gasteiger partial charge on any atom is 0.251 e. The molecule has 2 N–H and O–H groups in total. The molecule has 2 saturated heterocycles. The number of rotatable bonds is 3. The van der Waals surface area contributed by atoms with Crippen molar-refractivity contribution in [3.05, 3.63) is 29.3 Å². The van der Waals surface area contributed by atoms with Crippen molar-refractivity contribution in [2.24, 2.45) is 11.7 Å². The SMILES string of the molecule is Cc1cccc(C)c1N1C(=O)C[C@H](N2CCC[C@@H](C(N)=O)C2)C1=O. The predicted octanol–water partition coefficient (Wildman–Crippen LogP) is 1.13. The zero-order chi connectivity index (χ0) is 17.4. The third kappa shape index (κ3) is 2.82. The van der Waals surface area contributed by atoms with Gasteiger partial charge >= 0.3 is 0 Å². The van der Waals surface area contributed by atoms with E-state index in [4.69, 9.17) is 5.73 Å². The van der Waals surface area contributed by atoms with Crippen LogP contribution in [-0.4, -0.2) is 41.8 Å². The highest BCUT2D eigenvalue weighted by Gasteiger charge is 2.44. The van der Waals surface area contributed by atoms with Gasteiger partial charge in [-0.25, -0.2) is 4.90 Å². The Balaban J connectivity index is 1.86. The molecule has 2 atom stereocenters. The Morgan fingerprint density at radius 1 is 1.21 bits per heavy atom. The van der Waals surface area contributed by atoms with Crippen molar-refractivity contribution < 1.29 is 14.4 Å². The van der Waals surface area contributed by atoms with Crippen LogP contribution in [-0.2, 0) is 14.4 Å². The van der Waals surface area contributed by atoms with Crippen LogP contribution in [0.15, 0.2) is 18.2 Å². The number of aryl methyl sites for hydroxylation is 2. The van der Waals surface area contributed by atoms with Gasteiger partial charge in [0.1, 0.15) is 0 Å². The first-order valence-corrected chi connectivity index (χ1v) is 8.36. The fourth-order valence-electron chi connectivity index (χ4n) is 3.82. The normalized spacial score (nSPS) is 25.3. The molecule has 0 radical (unpaired) electrons. The van der Waals surface area contributed by atoms with Crippen molar-refractivity contribution >= 4 is 23.4 Å². The summed E-state index contributed by atoms with van der Waals surface area (Å²) in [5.41, 5.74) is 7.93. The number of carbonyl (C=O) groups excluding carboxylic acids is 3. The number of para-hydroxylation sites is 1. The number of hydrogen-bond acceptors (Lipinski definition) is 4. The zero-order valence-electron chi connectivity index (χ0n) is 14.1. The molecule has 6 nitrogen and oxygen atoms in total. The van der Waals surface area contributed by atoms with Gasteiger partial charge in [0.15, 0.2) is 0 Å².